The number of hydrogen-bond acceptors (Lipinski definition) is 2. The van der Waals surface area contributed by atoms with Gasteiger partial charge in [0.25, 0.3) is 0 Å². The van der Waals surface area contributed by atoms with Crippen LogP contribution in [0.3, 0.4) is 0 Å². The third-order valence-corrected chi connectivity index (χ3v) is 1.49. The van der Waals surface area contributed by atoms with Gasteiger partial charge in [-0.3, -0.25) is 4.98 Å². The van der Waals surface area contributed by atoms with Crippen LogP contribution in [0.5, 0.6) is 0 Å². The van der Waals surface area contributed by atoms with Gasteiger partial charge in [0.15, 0.2) is 5.69 Å². The molecule has 0 unspecified atom stereocenters. The highest BCUT2D eigenvalue weighted by Gasteiger charge is 2.34. The largest absolute Gasteiger partial charge is 0.504 e. The van der Waals surface area contributed by atoms with E-state index in [0.29, 0.717) is 0 Å². The molecule has 0 radical (unpaired) electrons. The van der Waals surface area contributed by atoms with E-state index in [1.807, 2.05) is 0 Å². The third-order valence-electron chi connectivity index (χ3n) is 1.49. The van der Waals surface area contributed by atoms with Gasteiger partial charge < -0.3 is 4.74 Å². The average Bonchev–Trinajstić information content (AvgIpc) is 2.14. The maximum absolute atomic E-state index is 12.3. The van der Waals surface area contributed by atoms with Gasteiger partial charge in [0.1, 0.15) is 0 Å². The van der Waals surface area contributed by atoms with Crippen LogP contribution in [-0.4, -0.2) is 12.1 Å². The van der Waals surface area contributed by atoms with Crippen LogP contribution < -0.4 is 0 Å². The minimum Gasteiger partial charge on any atom is -0.504 e. The van der Waals surface area contributed by atoms with E-state index in [1.54, 1.807) is 0 Å². The molecular weight excluding hydrogens is 195 g/mol. The zero-order chi connectivity index (χ0) is 10.6. The first kappa shape index (κ1) is 10.6. The summed E-state index contributed by atoms with van der Waals surface area (Å²) in [5.41, 5.74) is -0.921. The maximum Gasteiger partial charge on any atom is 0.433 e. The van der Waals surface area contributed by atoms with Gasteiger partial charge >= 0.3 is 6.18 Å². The van der Waals surface area contributed by atoms with Gasteiger partial charge in [-0.2, -0.15) is 13.2 Å². The molecule has 76 valence electrons. The Balaban J connectivity index is 3.10. The number of rotatable bonds is 2. The molecule has 1 heterocycles. The Morgan fingerprint density at radius 3 is 2.71 bits per heavy atom. The molecule has 0 aromatic carbocycles. The van der Waals surface area contributed by atoms with Crippen LogP contribution in [0.4, 0.5) is 13.2 Å². The van der Waals surface area contributed by atoms with Crippen molar-refractivity contribution in [3.05, 3.63) is 35.8 Å². The van der Waals surface area contributed by atoms with Crippen LogP contribution in [0.1, 0.15) is 11.3 Å². The summed E-state index contributed by atoms with van der Waals surface area (Å²) < 4.78 is 41.6. The molecule has 0 amide bonds. The first-order valence-corrected chi connectivity index (χ1v) is 3.77. The third kappa shape index (κ3) is 2.48. The van der Waals surface area contributed by atoms with Gasteiger partial charge in [-0.15, -0.1) is 0 Å². The van der Waals surface area contributed by atoms with Gasteiger partial charge in [-0.25, -0.2) is 0 Å². The molecular formula is C9H8F3NO. The maximum atomic E-state index is 12.3. The highest BCUT2D eigenvalue weighted by molar-refractivity contribution is 5.51. The molecule has 0 fully saturated rings. The lowest BCUT2D eigenvalue weighted by molar-refractivity contribution is -0.141. The fraction of sp³-hybridized carbons (Fsp3) is 0.222. The van der Waals surface area contributed by atoms with Crippen molar-refractivity contribution in [3.8, 4) is 0 Å². The Hall–Kier alpha value is -1.52. The molecule has 0 atom stereocenters. The van der Waals surface area contributed by atoms with Crippen LogP contribution >= 0.6 is 0 Å². The van der Waals surface area contributed by atoms with Gasteiger partial charge in [-0.1, -0.05) is 6.07 Å². The Labute approximate surface area is 79.0 Å². The number of hydrogen-bond donors (Lipinski definition) is 0. The normalized spacial score (nSPS) is 12.0. The molecule has 1 aromatic heterocycles. The van der Waals surface area contributed by atoms with E-state index in [4.69, 9.17) is 0 Å². The van der Waals surface area contributed by atoms with Crippen molar-refractivity contribution in [1.82, 2.24) is 4.98 Å². The highest BCUT2D eigenvalue weighted by atomic mass is 19.4. The van der Waals surface area contributed by atoms with E-state index in [2.05, 4.69) is 9.72 Å². The lowest BCUT2D eigenvalue weighted by Crippen LogP contribution is -2.09. The molecule has 0 bridgehead atoms. The molecule has 0 aliphatic rings. The van der Waals surface area contributed by atoms with Crippen molar-refractivity contribution in [1.29, 1.82) is 0 Å². The lowest BCUT2D eigenvalue weighted by Gasteiger charge is -2.07. The molecule has 0 aliphatic heterocycles. The molecule has 0 spiro atoms. The van der Waals surface area contributed by atoms with Crippen LogP contribution in [0.2, 0.25) is 0 Å². The quantitative estimate of drug-likeness (QED) is 0.689. The molecule has 1 aromatic rings. The lowest BCUT2D eigenvalue weighted by atomic mass is 10.2. The summed E-state index contributed by atoms with van der Waals surface area (Å²) in [6.07, 6.45) is -0.941. The highest BCUT2D eigenvalue weighted by Crippen LogP contribution is 2.30. The summed E-state index contributed by atoms with van der Waals surface area (Å²) in [7, 11) is 1.36. The molecule has 0 saturated heterocycles. The van der Waals surface area contributed by atoms with Gasteiger partial charge in [-0.05, 0) is 12.1 Å². The van der Waals surface area contributed by atoms with Gasteiger partial charge in [0.2, 0.25) is 0 Å². The second-order valence-electron chi connectivity index (χ2n) is 2.48. The van der Waals surface area contributed by atoms with Crippen LogP contribution in [-0.2, 0) is 10.9 Å². The predicted octanol–water partition coefficient (Wildman–Crippen LogP) is 2.72. The average molecular weight is 203 g/mol. The molecule has 5 heteroatoms. The minimum absolute atomic E-state index is 0.0122. The number of aromatic nitrogens is 1. The Bertz CT molecular complexity index is 333. The Morgan fingerprint density at radius 1 is 1.43 bits per heavy atom. The monoisotopic (exact) mass is 203 g/mol. The van der Waals surface area contributed by atoms with Crippen LogP contribution in [0.15, 0.2) is 24.6 Å². The first-order chi connectivity index (χ1) is 6.55. The molecule has 14 heavy (non-hydrogen) atoms. The van der Waals surface area contributed by atoms with Gasteiger partial charge in [0, 0.05) is 11.8 Å². The van der Waals surface area contributed by atoms with Crippen LogP contribution in [0.25, 0.3) is 6.08 Å². The summed E-state index contributed by atoms with van der Waals surface area (Å²) in [5, 5.41) is 0. The summed E-state index contributed by atoms with van der Waals surface area (Å²) in [4.78, 5) is 3.27. The van der Waals surface area contributed by atoms with E-state index >= 15 is 0 Å². The summed E-state index contributed by atoms with van der Waals surface area (Å²) in [5.74, 6) is 0. The van der Waals surface area contributed by atoms with Gasteiger partial charge in [0.05, 0.1) is 13.4 Å². The number of alkyl halides is 3. The number of nitrogens with zero attached hydrogens (tertiary/aromatic N) is 1. The van der Waals surface area contributed by atoms with Crippen molar-refractivity contribution < 1.29 is 17.9 Å². The first-order valence-electron chi connectivity index (χ1n) is 3.77. The van der Waals surface area contributed by atoms with E-state index < -0.39 is 11.9 Å². The number of pyridine rings is 1. The second kappa shape index (κ2) is 4.13. The van der Waals surface area contributed by atoms with Crippen LogP contribution in [0, 0.1) is 0 Å². The summed E-state index contributed by atoms with van der Waals surface area (Å²) in [6, 6.07) is 2.76. The molecule has 0 aliphatic carbocycles. The number of halogens is 3. The Morgan fingerprint density at radius 2 is 2.14 bits per heavy atom. The Kier molecular flexibility index (Phi) is 3.11. The summed E-state index contributed by atoms with van der Waals surface area (Å²) in [6.45, 7) is 0. The number of methoxy groups -OCH3 is 1. The van der Waals surface area contributed by atoms with E-state index in [9.17, 15) is 13.2 Å². The fourth-order valence-electron chi connectivity index (χ4n) is 0.930. The topological polar surface area (TPSA) is 22.1 Å². The minimum atomic E-state index is -4.44. The SMILES string of the molecule is CO/C=C/c1cccnc1C(F)(F)F. The fourth-order valence-corrected chi connectivity index (χ4v) is 0.930. The second-order valence-corrected chi connectivity index (χ2v) is 2.48. The zero-order valence-electron chi connectivity index (χ0n) is 7.38. The van der Waals surface area contributed by atoms with Crippen molar-refractivity contribution in [2.24, 2.45) is 0 Å². The van der Waals surface area contributed by atoms with E-state index in [-0.39, 0.29) is 5.56 Å². The molecule has 1 rings (SSSR count). The van der Waals surface area contributed by atoms with Crippen molar-refractivity contribution in [3.63, 3.8) is 0 Å². The van der Waals surface area contributed by atoms with E-state index in [0.717, 1.165) is 6.20 Å². The standard InChI is InChI=1S/C9H8F3NO/c1-14-6-4-7-3-2-5-13-8(7)9(10,11)12/h2-6H,1H3/b6-4+. The van der Waals surface area contributed by atoms with Crippen molar-refractivity contribution >= 4 is 6.08 Å². The van der Waals surface area contributed by atoms with E-state index in [1.165, 1.54) is 31.6 Å². The van der Waals surface area contributed by atoms with Crippen molar-refractivity contribution in [2.75, 3.05) is 7.11 Å². The molecule has 0 saturated carbocycles. The zero-order valence-corrected chi connectivity index (χ0v) is 7.38. The molecule has 0 N–H and O–H groups in total. The molecule has 2 nitrogen and oxygen atoms in total. The number of ether oxygens (including phenoxy) is 1. The van der Waals surface area contributed by atoms with Crippen molar-refractivity contribution in [2.45, 2.75) is 6.18 Å². The summed E-state index contributed by atoms with van der Waals surface area (Å²) >= 11 is 0. The predicted molar refractivity (Wildman–Crippen MR) is 45.3 cm³/mol. The smallest absolute Gasteiger partial charge is 0.433 e.